The summed E-state index contributed by atoms with van der Waals surface area (Å²) in [5.41, 5.74) is 1.39. The van der Waals surface area contributed by atoms with Crippen LogP contribution in [0.1, 0.15) is 32.3 Å². The summed E-state index contributed by atoms with van der Waals surface area (Å²) in [5.74, 6) is 0. The molecule has 0 saturated carbocycles. The molecule has 0 heterocycles. The molecule has 0 saturated heterocycles. The van der Waals surface area contributed by atoms with E-state index in [-0.39, 0.29) is 0 Å². The van der Waals surface area contributed by atoms with Gasteiger partial charge in [0.2, 0.25) is 0 Å². The molecule has 2 aromatic rings. The first-order valence-corrected chi connectivity index (χ1v) is 8.69. The van der Waals surface area contributed by atoms with Gasteiger partial charge in [0.15, 0.2) is 0 Å². The molecular weight excluding hydrogens is 262 g/mol. The van der Waals surface area contributed by atoms with Gasteiger partial charge in [0.1, 0.15) is 0 Å². The van der Waals surface area contributed by atoms with Crippen molar-refractivity contribution in [3.05, 3.63) is 48.0 Å². The highest BCUT2D eigenvalue weighted by Gasteiger charge is 2.23. The molecular formula is C18H25NS. The van der Waals surface area contributed by atoms with Gasteiger partial charge in [-0.2, -0.15) is 11.8 Å². The third kappa shape index (κ3) is 3.36. The Morgan fingerprint density at radius 2 is 1.70 bits per heavy atom. The molecule has 1 nitrogen and oxygen atoms in total. The largest absolute Gasteiger partial charge is 0.311 e. The zero-order valence-corrected chi connectivity index (χ0v) is 13.6. The Hall–Kier alpha value is -0.990. The van der Waals surface area contributed by atoms with E-state index in [1.165, 1.54) is 29.2 Å². The molecule has 0 aliphatic carbocycles. The minimum absolute atomic E-state index is 0.380. The first-order valence-electron chi connectivity index (χ1n) is 7.47. The molecule has 0 fully saturated rings. The summed E-state index contributed by atoms with van der Waals surface area (Å²) < 4.78 is 0.380. The molecule has 20 heavy (non-hydrogen) atoms. The summed E-state index contributed by atoms with van der Waals surface area (Å²) in [5, 5.41) is 6.36. The number of nitrogens with one attached hydrogen (secondary N) is 1. The van der Waals surface area contributed by atoms with E-state index in [9.17, 15) is 0 Å². The Morgan fingerprint density at radius 1 is 1.00 bits per heavy atom. The van der Waals surface area contributed by atoms with Crippen LogP contribution < -0.4 is 5.32 Å². The molecule has 108 valence electrons. The SMILES string of the molecule is CCC(CC)(CNCc1cccc2ccccc12)SC. The van der Waals surface area contributed by atoms with Crippen LogP contribution in [0.2, 0.25) is 0 Å². The highest BCUT2D eigenvalue weighted by molar-refractivity contribution is 8.00. The predicted octanol–water partition coefficient (Wildman–Crippen LogP) is 4.85. The third-order valence-electron chi connectivity index (χ3n) is 4.36. The lowest BCUT2D eigenvalue weighted by atomic mass is 10.0. The maximum absolute atomic E-state index is 3.67. The maximum Gasteiger partial charge on any atom is 0.0276 e. The summed E-state index contributed by atoms with van der Waals surface area (Å²) >= 11 is 1.99. The van der Waals surface area contributed by atoms with E-state index in [2.05, 4.69) is 67.9 Å². The Kier molecular flexibility index (Phi) is 5.50. The molecule has 0 aromatic heterocycles. The van der Waals surface area contributed by atoms with Gasteiger partial charge in [-0.1, -0.05) is 56.3 Å². The molecule has 2 rings (SSSR count). The molecule has 2 heteroatoms. The fourth-order valence-corrected chi connectivity index (χ4v) is 3.56. The first-order chi connectivity index (χ1) is 9.74. The average Bonchev–Trinajstić information content (AvgIpc) is 2.52. The minimum atomic E-state index is 0.380. The fraction of sp³-hybridized carbons (Fsp3) is 0.444. The van der Waals surface area contributed by atoms with Crippen molar-refractivity contribution >= 4 is 22.5 Å². The average molecular weight is 287 g/mol. The summed E-state index contributed by atoms with van der Waals surface area (Å²) in [7, 11) is 0. The van der Waals surface area contributed by atoms with Crippen LogP contribution in [0.25, 0.3) is 10.8 Å². The highest BCUT2D eigenvalue weighted by atomic mass is 32.2. The number of benzene rings is 2. The summed E-state index contributed by atoms with van der Waals surface area (Å²) in [6.07, 6.45) is 4.66. The first kappa shape index (κ1) is 15.4. The Labute approximate surface area is 127 Å². The van der Waals surface area contributed by atoms with Crippen molar-refractivity contribution in [1.82, 2.24) is 5.32 Å². The monoisotopic (exact) mass is 287 g/mol. The van der Waals surface area contributed by atoms with Crippen molar-refractivity contribution in [2.45, 2.75) is 38.0 Å². The van der Waals surface area contributed by atoms with Gasteiger partial charge in [-0.15, -0.1) is 0 Å². The zero-order chi connectivity index (χ0) is 14.4. The lowest BCUT2D eigenvalue weighted by Crippen LogP contribution is -2.36. The lowest BCUT2D eigenvalue weighted by Gasteiger charge is -2.30. The van der Waals surface area contributed by atoms with Crippen molar-refractivity contribution < 1.29 is 0 Å². The molecule has 0 atom stereocenters. The molecule has 0 aliphatic heterocycles. The Bertz CT molecular complexity index is 532. The van der Waals surface area contributed by atoms with Gasteiger partial charge in [-0.25, -0.2) is 0 Å². The number of rotatable bonds is 7. The molecule has 2 aromatic carbocycles. The van der Waals surface area contributed by atoms with Gasteiger partial charge >= 0.3 is 0 Å². The second kappa shape index (κ2) is 7.14. The van der Waals surface area contributed by atoms with Crippen molar-refractivity contribution in [2.24, 2.45) is 0 Å². The fourth-order valence-electron chi connectivity index (χ4n) is 2.73. The predicted molar refractivity (Wildman–Crippen MR) is 92.5 cm³/mol. The normalized spacial score (nSPS) is 11.9. The molecule has 0 aliphatic rings. The zero-order valence-electron chi connectivity index (χ0n) is 12.8. The van der Waals surface area contributed by atoms with Crippen LogP contribution in [0.15, 0.2) is 42.5 Å². The van der Waals surface area contributed by atoms with Crippen molar-refractivity contribution in [3.8, 4) is 0 Å². The molecule has 0 bridgehead atoms. The summed E-state index contributed by atoms with van der Waals surface area (Å²) in [4.78, 5) is 0. The van der Waals surface area contributed by atoms with Crippen molar-refractivity contribution in [3.63, 3.8) is 0 Å². The van der Waals surface area contributed by atoms with E-state index in [0.29, 0.717) is 4.75 Å². The van der Waals surface area contributed by atoms with Gasteiger partial charge in [-0.3, -0.25) is 0 Å². The summed E-state index contributed by atoms with van der Waals surface area (Å²) in [6, 6.07) is 15.2. The number of hydrogen-bond acceptors (Lipinski definition) is 2. The quantitative estimate of drug-likeness (QED) is 0.781. The molecule has 0 spiro atoms. The molecule has 0 radical (unpaired) electrons. The Morgan fingerprint density at radius 3 is 2.40 bits per heavy atom. The van der Waals surface area contributed by atoms with Gasteiger partial charge < -0.3 is 5.32 Å². The van der Waals surface area contributed by atoms with E-state index in [1.54, 1.807) is 0 Å². The van der Waals surface area contributed by atoms with E-state index in [0.717, 1.165) is 13.1 Å². The number of hydrogen-bond donors (Lipinski definition) is 1. The second-order valence-electron chi connectivity index (χ2n) is 5.34. The van der Waals surface area contributed by atoms with Crippen LogP contribution in [-0.2, 0) is 6.54 Å². The molecule has 0 unspecified atom stereocenters. The second-order valence-corrected chi connectivity index (χ2v) is 6.61. The van der Waals surface area contributed by atoms with Crippen LogP contribution >= 0.6 is 11.8 Å². The van der Waals surface area contributed by atoms with E-state index < -0.39 is 0 Å². The van der Waals surface area contributed by atoms with Crippen LogP contribution in [0, 0.1) is 0 Å². The smallest absolute Gasteiger partial charge is 0.0276 e. The molecule has 0 amide bonds. The maximum atomic E-state index is 3.67. The van der Waals surface area contributed by atoms with Crippen LogP contribution in [0.4, 0.5) is 0 Å². The van der Waals surface area contributed by atoms with Crippen LogP contribution in [0.5, 0.6) is 0 Å². The van der Waals surface area contributed by atoms with Gasteiger partial charge in [0, 0.05) is 17.8 Å². The summed E-state index contributed by atoms with van der Waals surface area (Å²) in [6.45, 7) is 6.60. The van der Waals surface area contributed by atoms with Crippen molar-refractivity contribution in [1.29, 1.82) is 0 Å². The van der Waals surface area contributed by atoms with E-state index in [4.69, 9.17) is 0 Å². The highest BCUT2D eigenvalue weighted by Crippen LogP contribution is 2.29. The van der Waals surface area contributed by atoms with E-state index in [1.807, 2.05) is 11.8 Å². The Balaban J connectivity index is 2.06. The van der Waals surface area contributed by atoms with E-state index >= 15 is 0 Å². The topological polar surface area (TPSA) is 12.0 Å². The number of fused-ring (bicyclic) bond motifs is 1. The van der Waals surface area contributed by atoms with Gasteiger partial charge in [0.25, 0.3) is 0 Å². The lowest BCUT2D eigenvalue weighted by molar-refractivity contribution is 0.495. The number of thioether (sulfide) groups is 1. The third-order valence-corrected chi connectivity index (χ3v) is 5.95. The van der Waals surface area contributed by atoms with Crippen LogP contribution in [-0.4, -0.2) is 17.5 Å². The van der Waals surface area contributed by atoms with Crippen LogP contribution in [0.3, 0.4) is 0 Å². The molecule has 1 N–H and O–H groups in total. The minimum Gasteiger partial charge on any atom is -0.311 e. The van der Waals surface area contributed by atoms with Gasteiger partial charge in [-0.05, 0) is 35.4 Å². The van der Waals surface area contributed by atoms with Gasteiger partial charge in [0.05, 0.1) is 0 Å². The van der Waals surface area contributed by atoms with Crippen molar-refractivity contribution in [2.75, 3.05) is 12.8 Å². The standard InChI is InChI=1S/C18H25NS/c1-4-18(5-2,20-3)14-19-13-16-11-8-10-15-9-6-7-12-17(15)16/h6-12,19H,4-5,13-14H2,1-3H3.